The highest BCUT2D eigenvalue weighted by Gasteiger charge is 2.52. The topological polar surface area (TPSA) is 187 Å². The third-order valence-corrected chi connectivity index (χ3v) is 10.3. The Labute approximate surface area is 311 Å². The van der Waals surface area contributed by atoms with Gasteiger partial charge >= 0.3 is 0 Å². The number of nitrogens with zero attached hydrogens (tertiary/aromatic N) is 1. The molecule has 2 heterocycles. The van der Waals surface area contributed by atoms with E-state index in [1.54, 1.807) is 27.7 Å². The van der Waals surface area contributed by atoms with Crippen LogP contribution in [0.5, 0.6) is 0 Å². The van der Waals surface area contributed by atoms with Crippen molar-refractivity contribution in [2.24, 2.45) is 22.7 Å². The van der Waals surface area contributed by atoms with Crippen LogP contribution < -0.4 is 26.8 Å². The predicted octanol–water partition coefficient (Wildman–Crippen LogP) is 3.41. The summed E-state index contributed by atoms with van der Waals surface area (Å²) in [6, 6.07) is 8.82. The van der Waals surface area contributed by atoms with Gasteiger partial charge in [-0.1, -0.05) is 97.7 Å². The van der Waals surface area contributed by atoms with E-state index < -0.39 is 81.9 Å². The SMILES string of the molecule is CCC[C@H](NC(=O)[C@@H]1C2CCC[C@H]2CN1C(=O)[C@@H](NC(=O)[C@@H](NC(=O)c1cccc(=O)[nH]1)C(C)(C)C)C(C)(C)C)C(=O)C(=O)N[C@@H](C)c1ccccc1. The number of benzene rings is 1. The summed E-state index contributed by atoms with van der Waals surface area (Å²) in [5, 5.41) is 11.2. The molecule has 5 N–H and O–H groups in total. The Bertz CT molecular complexity index is 1730. The Morgan fingerprint density at radius 1 is 0.830 bits per heavy atom. The number of ketones is 1. The first-order valence-corrected chi connectivity index (χ1v) is 18.6. The summed E-state index contributed by atoms with van der Waals surface area (Å²) in [6.45, 7) is 14.7. The molecule has 1 unspecified atom stereocenters. The number of aromatic nitrogens is 1. The Hall–Kier alpha value is -4.81. The molecule has 4 rings (SSSR count). The number of Topliss-reactive ketones (excluding diaryl/α,β-unsaturated/α-hetero) is 1. The third-order valence-electron chi connectivity index (χ3n) is 10.3. The normalized spacial score (nSPS) is 20.7. The van der Waals surface area contributed by atoms with Crippen molar-refractivity contribution in [1.82, 2.24) is 31.2 Å². The molecule has 2 aliphatic rings. The minimum Gasteiger partial charge on any atom is -0.344 e. The van der Waals surface area contributed by atoms with E-state index in [0.717, 1.165) is 24.8 Å². The number of rotatable bonds is 13. The number of likely N-dealkylation sites (tertiary alicyclic amines) is 1. The quantitative estimate of drug-likeness (QED) is 0.195. The van der Waals surface area contributed by atoms with Crippen LogP contribution in [0.4, 0.5) is 0 Å². The molecule has 1 saturated carbocycles. The molecule has 5 amide bonds. The van der Waals surface area contributed by atoms with Crippen LogP contribution in [0.1, 0.15) is 110 Å². The second-order valence-electron chi connectivity index (χ2n) is 16.6. The number of carbonyl (C=O) groups excluding carboxylic acids is 6. The molecule has 1 aliphatic heterocycles. The van der Waals surface area contributed by atoms with Gasteiger partial charge in [0.1, 0.15) is 23.8 Å². The van der Waals surface area contributed by atoms with Crippen molar-refractivity contribution in [2.45, 2.75) is 118 Å². The summed E-state index contributed by atoms with van der Waals surface area (Å²) >= 11 is 0. The highest BCUT2D eigenvalue weighted by Crippen LogP contribution is 2.43. The van der Waals surface area contributed by atoms with Crippen LogP contribution in [0, 0.1) is 22.7 Å². The Morgan fingerprint density at radius 3 is 2.09 bits per heavy atom. The molecule has 0 radical (unpaired) electrons. The van der Waals surface area contributed by atoms with Crippen molar-refractivity contribution in [3.8, 4) is 0 Å². The van der Waals surface area contributed by atoms with Gasteiger partial charge in [0, 0.05) is 12.6 Å². The number of amides is 5. The lowest BCUT2D eigenvalue weighted by atomic mass is 9.82. The van der Waals surface area contributed by atoms with Gasteiger partial charge in [0.15, 0.2) is 0 Å². The van der Waals surface area contributed by atoms with Crippen molar-refractivity contribution in [2.75, 3.05) is 6.54 Å². The van der Waals surface area contributed by atoms with E-state index in [1.807, 2.05) is 58.0 Å². The zero-order valence-electron chi connectivity index (χ0n) is 32.2. The fourth-order valence-corrected chi connectivity index (χ4v) is 7.44. The van der Waals surface area contributed by atoms with Crippen LogP contribution in [-0.4, -0.2) is 75.9 Å². The largest absolute Gasteiger partial charge is 0.344 e. The van der Waals surface area contributed by atoms with Gasteiger partial charge < -0.3 is 31.2 Å². The first kappa shape index (κ1) is 41.0. The minimum absolute atomic E-state index is 0.0106. The molecule has 13 nitrogen and oxygen atoms in total. The highest BCUT2D eigenvalue weighted by molar-refractivity contribution is 6.38. The summed E-state index contributed by atoms with van der Waals surface area (Å²) in [5.74, 6) is -3.82. The minimum atomic E-state index is -1.09. The maximum atomic E-state index is 14.6. The molecule has 13 heteroatoms. The van der Waals surface area contributed by atoms with E-state index in [2.05, 4.69) is 26.3 Å². The van der Waals surface area contributed by atoms with E-state index in [-0.39, 0.29) is 24.0 Å². The first-order chi connectivity index (χ1) is 24.8. The maximum absolute atomic E-state index is 14.6. The monoisotopic (exact) mass is 732 g/mol. The van der Waals surface area contributed by atoms with Gasteiger partial charge in [0.25, 0.3) is 11.8 Å². The Kier molecular flexibility index (Phi) is 13.1. The van der Waals surface area contributed by atoms with Gasteiger partial charge in [0.2, 0.25) is 29.1 Å². The van der Waals surface area contributed by atoms with Gasteiger partial charge in [-0.3, -0.25) is 33.6 Å². The molecule has 2 aromatic rings. The molecule has 1 aromatic heterocycles. The highest BCUT2D eigenvalue weighted by atomic mass is 16.2. The van der Waals surface area contributed by atoms with Crippen molar-refractivity contribution >= 4 is 35.3 Å². The van der Waals surface area contributed by atoms with Crippen molar-refractivity contribution in [1.29, 1.82) is 0 Å². The van der Waals surface area contributed by atoms with Crippen LogP contribution in [0.3, 0.4) is 0 Å². The molecule has 1 aliphatic carbocycles. The number of fused-ring (bicyclic) bond motifs is 1. The maximum Gasteiger partial charge on any atom is 0.290 e. The second-order valence-corrected chi connectivity index (χ2v) is 16.6. The number of hydrogen-bond donors (Lipinski definition) is 5. The zero-order chi connectivity index (χ0) is 39.2. The van der Waals surface area contributed by atoms with Gasteiger partial charge in [-0.05, 0) is 60.5 Å². The van der Waals surface area contributed by atoms with Gasteiger partial charge in [-0.2, -0.15) is 0 Å². The van der Waals surface area contributed by atoms with Gasteiger partial charge in [-0.15, -0.1) is 0 Å². The van der Waals surface area contributed by atoms with Crippen LogP contribution in [0.15, 0.2) is 53.3 Å². The lowest BCUT2D eigenvalue weighted by Gasteiger charge is -2.38. The fraction of sp³-hybridized carbons (Fsp3) is 0.575. The average Bonchev–Trinajstić information content (AvgIpc) is 3.70. The number of pyridine rings is 1. The summed E-state index contributed by atoms with van der Waals surface area (Å²) in [6.07, 6.45) is 3.23. The molecule has 1 saturated heterocycles. The van der Waals surface area contributed by atoms with Crippen LogP contribution >= 0.6 is 0 Å². The summed E-state index contributed by atoms with van der Waals surface area (Å²) in [5.41, 5.74) is -1.24. The predicted molar refractivity (Wildman–Crippen MR) is 200 cm³/mol. The van der Waals surface area contributed by atoms with Crippen molar-refractivity contribution < 1.29 is 28.8 Å². The Morgan fingerprint density at radius 2 is 1.49 bits per heavy atom. The molecule has 7 atom stereocenters. The van der Waals surface area contributed by atoms with Gasteiger partial charge in [-0.25, -0.2) is 0 Å². The molecular formula is C40H56N6O7. The fourth-order valence-electron chi connectivity index (χ4n) is 7.44. The molecule has 0 spiro atoms. The van der Waals surface area contributed by atoms with E-state index >= 15 is 0 Å². The van der Waals surface area contributed by atoms with Crippen molar-refractivity contribution in [3.05, 3.63) is 70.1 Å². The van der Waals surface area contributed by atoms with Crippen LogP contribution in [0.2, 0.25) is 0 Å². The molecular weight excluding hydrogens is 676 g/mol. The van der Waals surface area contributed by atoms with Crippen molar-refractivity contribution in [3.63, 3.8) is 0 Å². The summed E-state index contributed by atoms with van der Waals surface area (Å²) in [4.78, 5) is 98.4. The molecule has 0 bridgehead atoms. The van der Waals surface area contributed by atoms with E-state index in [0.29, 0.717) is 13.0 Å². The molecule has 53 heavy (non-hydrogen) atoms. The molecule has 2 fully saturated rings. The average molecular weight is 733 g/mol. The summed E-state index contributed by atoms with van der Waals surface area (Å²) in [7, 11) is 0. The molecule has 1 aromatic carbocycles. The number of carbonyl (C=O) groups is 6. The lowest BCUT2D eigenvalue weighted by molar-refractivity contribution is -0.146. The van der Waals surface area contributed by atoms with Crippen LogP contribution in [0.25, 0.3) is 0 Å². The standard InChI is InChI=1S/C40H56N6O7/c1-9-15-27(31(48)36(51)41-23(2)24-16-11-10-12-17-24)43-35(50)30-26-19-13-18-25(26)22-46(30)38(53)33(40(6,7)8)45-37(52)32(39(3,4)5)44-34(49)28-20-14-21-29(47)42-28/h10-12,14,16-17,20-21,23,25-27,30,32-33H,9,13,15,18-19,22H2,1-8H3,(H,41,51)(H,42,47)(H,43,50)(H,44,49)(H,45,52)/t23-,25-,26?,27-,30-,32+,33+/m0/s1. The summed E-state index contributed by atoms with van der Waals surface area (Å²) < 4.78 is 0. The third kappa shape index (κ3) is 10.00. The van der Waals surface area contributed by atoms with Crippen LogP contribution in [-0.2, 0) is 24.0 Å². The zero-order valence-corrected chi connectivity index (χ0v) is 32.2. The number of H-pyrrole nitrogens is 1. The number of aromatic amines is 1. The number of hydrogen-bond acceptors (Lipinski definition) is 7. The van der Waals surface area contributed by atoms with E-state index in [9.17, 15) is 33.6 Å². The van der Waals surface area contributed by atoms with E-state index in [1.165, 1.54) is 23.1 Å². The lowest BCUT2D eigenvalue weighted by Crippen LogP contribution is -2.63. The Balaban J connectivity index is 1.55. The molecule has 288 valence electrons. The second kappa shape index (κ2) is 16.9. The van der Waals surface area contributed by atoms with Gasteiger partial charge in [0.05, 0.1) is 12.1 Å². The van der Waals surface area contributed by atoms with E-state index in [4.69, 9.17) is 0 Å². The first-order valence-electron chi connectivity index (χ1n) is 18.6. The number of nitrogens with one attached hydrogen (secondary N) is 5. The smallest absolute Gasteiger partial charge is 0.290 e.